The van der Waals surface area contributed by atoms with Crippen LogP contribution in [0.5, 0.6) is 0 Å². The van der Waals surface area contributed by atoms with Crippen molar-refractivity contribution >= 4 is 34.9 Å². The molecule has 0 bridgehead atoms. The number of ether oxygens (including phenoxy) is 1. The minimum atomic E-state index is -0.378. The Morgan fingerprint density at radius 2 is 1.79 bits per heavy atom. The number of hydrogen-bond acceptors (Lipinski definition) is 3. The van der Waals surface area contributed by atoms with Crippen molar-refractivity contribution in [3.63, 3.8) is 0 Å². The van der Waals surface area contributed by atoms with Crippen molar-refractivity contribution in [3.05, 3.63) is 27.7 Å². The molecule has 1 aromatic carbocycles. The molecule has 0 aromatic heterocycles. The Labute approximate surface area is 123 Å². The van der Waals surface area contributed by atoms with E-state index >= 15 is 0 Å². The van der Waals surface area contributed by atoms with Gasteiger partial charge in [0.25, 0.3) is 0 Å². The lowest BCUT2D eigenvalue weighted by molar-refractivity contribution is 0.0267. The summed E-state index contributed by atoms with van der Waals surface area (Å²) < 4.78 is 5.51. The van der Waals surface area contributed by atoms with Gasteiger partial charge in [0.1, 0.15) is 6.10 Å². The maximum absolute atomic E-state index is 12.1. The summed E-state index contributed by atoms with van der Waals surface area (Å²) in [6, 6.07) is 3.01. The minimum Gasteiger partial charge on any atom is -0.459 e. The SMILES string of the molecule is Nc1cc(C(=O)OC2CCCCCC2)cc(Cl)c1Cl. The zero-order chi connectivity index (χ0) is 13.8. The highest BCUT2D eigenvalue weighted by atomic mass is 35.5. The molecule has 0 aliphatic heterocycles. The molecule has 0 spiro atoms. The van der Waals surface area contributed by atoms with Gasteiger partial charge in [-0.3, -0.25) is 0 Å². The Hall–Kier alpha value is -0.930. The Kier molecular flexibility index (Phi) is 4.94. The third-order valence-corrected chi connectivity index (χ3v) is 4.18. The van der Waals surface area contributed by atoms with Crippen molar-refractivity contribution in [2.75, 3.05) is 5.73 Å². The highest BCUT2D eigenvalue weighted by Crippen LogP contribution is 2.30. The highest BCUT2D eigenvalue weighted by molar-refractivity contribution is 6.43. The van der Waals surface area contributed by atoms with Crippen LogP contribution in [0.25, 0.3) is 0 Å². The van der Waals surface area contributed by atoms with Gasteiger partial charge in [-0.1, -0.05) is 36.0 Å². The van der Waals surface area contributed by atoms with Crippen LogP contribution >= 0.6 is 23.2 Å². The van der Waals surface area contributed by atoms with E-state index in [1.165, 1.54) is 25.0 Å². The lowest BCUT2D eigenvalue weighted by Gasteiger charge is -2.16. The number of rotatable bonds is 2. The molecule has 1 saturated carbocycles. The van der Waals surface area contributed by atoms with Crippen molar-refractivity contribution in [3.8, 4) is 0 Å². The van der Waals surface area contributed by atoms with Crippen molar-refractivity contribution in [1.29, 1.82) is 0 Å². The van der Waals surface area contributed by atoms with E-state index in [0.29, 0.717) is 11.3 Å². The first-order chi connectivity index (χ1) is 9.08. The number of benzene rings is 1. The molecule has 19 heavy (non-hydrogen) atoms. The maximum atomic E-state index is 12.1. The van der Waals surface area contributed by atoms with E-state index in [-0.39, 0.29) is 22.1 Å². The number of nitrogen functional groups attached to an aromatic ring is 1. The van der Waals surface area contributed by atoms with Crippen molar-refractivity contribution in [2.45, 2.75) is 44.6 Å². The molecular weight excluding hydrogens is 285 g/mol. The standard InChI is InChI=1S/C14H17Cl2NO2/c15-11-7-9(8-12(17)13(11)16)14(18)19-10-5-3-1-2-4-6-10/h7-8,10H,1-6,17H2. The van der Waals surface area contributed by atoms with E-state index < -0.39 is 0 Å². The van der Waals surface area contributed by atoms with Gasteiger partial charge in [0, 0.05) is 0 Å². The predicted molar refractivity (Wildman–Crippen MR) is 77.8 cm³/mol. The number of nitrogens with two attached hydrogens (primary N) is 1. The quantitative estimate of drug-likeness (QED) is 0.498. The topological polar surface area (TPSA) is 52.3 Å². The van der Waals surface area contributed by atoms with Crippen LogP contribution in [0.15, 0.2) is 12.1 Å². The summed E-state index contributed by atoms with van der Waals surface area (Å²) in [6.07, 6.45) is 6.53. The third kappa shape index (κ3) is 3.77. The smallest absolute Gasteiger partial charge is 0.338 e. The molecular formula is C14H17Cl2NO2. The van der Waals surface area contributed by atoms with Crippen molar-refractivity contribution < 1.29 is 9.53 Å². The van der Waals surface area contributed by atoms with E-state index in [0.717, 1.165) is 25.7 Å². The van der Waals surface area contributed by atoms with Crippen LogP contribution in [0.4, 0.5) is 5.69 Å². The van der Waals surface area contributed by atoms with Gasteiger partial charge in [-0.25, -0.2) is 4.79 Å². The first-order valence-corrected chi connectivity index (χ1v) is 7.29. The zero-order valence-corrected chi connectivity index (χ0v) is 12.1. The highest BCUT2D eigenvalue weighted by Gasteiger charge is 2.19. The lowest BCUT2D eigenvalue weighted by Crippen LogP contribution is -2.17. The zero-order valence-electron chi connectivity index (χ0n) is 10.6. The summed E-state index contributed by atoms with van der Waals surface area (Å²) in [5.74, 6) is -0.378. The summed E-state index contributed by atoms with van der Waals surface area (Å²) in [5.41, 5.74) is 6.34. The molecule has 0 saturated heterocycles. The van der Waals surface area contributed by atoms with Crippen molar-refractivity contribution in [1.82, 2.24) is 0 Å². The Balaban J connectivity index is 2.07. The Bertz CT molecular complexity index is 446. The molecule has 0 unspecified atom stereocenters. The molecule has 0 amide bonds. The van der Waals surface area contributed by atoms with E-state index in [4.69, 9.17) is 33.7 Å². The molecule has 3 nitrogen and oxygen atoms in total. The predicted octanol–water partition coefficient (Wildman–Crippen LogP) is 4.46. The second kappa shape index (κ2) is 6.49. The summed E-state index contributed by atoms with van der Waals surface area (Å²) in [5, 5.41) is 0.544. The fourth-order valence-electron chi connectivity index (χ4n) is 2.31. The molecule has 1 aromatic rings. The van der Waals surface area contributed by atoms with Gasteiger partial charge >= 0.3 is 5.97 Å². The first-order valence-electron chi connectivity index (χ1n) is 6.53. The molecule has 2 N–H and O–H groups in total. The van der Waals surface area contributed by atoms with Gasteiger partial charge in [-0.05, 0) is 37.8 Å². The molecule has 5 heteroatoms. The number of halogens is 2. The van der Waals surface area contributed by atoms with Gasteiger partial charge in [-0.15, -0.1) is 0 Å². The van der Waals surface area contributed by atoms with Gasteiger partial charge in [0.05, 0.1) is 21.3 Å². The third-order valence-electron chi connectivity index (χ3n) is 3.37. The maximum Gasteiger partial charge on any atom is 0.338 e. The molecule has 1 aliphatic rings. The Morgan fingerprint density at radius 3 is 2.37 bits per heavy atom. The summed E-state index contributed by atoms with van der Waals surface area (Å²) in [6.45, 7) is 0. The normalized spacial score (nSPS) is 16.9. The molecule has 0 atom stereocenters. The van der Waals surface area contributed by atoms with E-state index in [1.807, 2.05) is 0 Å². The van der Waals surface area contributed by atoms with Crippen LogP contribution in [-0.4, -0.2) is 12.1 Å². The average molecular weight is 302 g/mol. The summed E-state index contributed by atoms with van der Waals surface area (Å²) in [4.78, 5) is 12.1. The monoisotopic (exact) mass is 301 g/mol. The average Bonchev–Trinajstić information content (AvgIpc) is 2.64. The van der Waals surface area contributed by atoms with E-state index in [1.54, 1.807) is 0 Å². The number of hydrogen-bond donors (Lipinski definition) is 1. The summed E-state index contributed by atoms with van der Waals surface area (Å²) >= 11 is 11.8. The lowest BCUT2D eigenvalue weighted by atomic mass is 10.1. The largest absolute Gasteiger partial charge is 0.459 e. The molecule has 2 rings (SSSR count). The number of carbonyl (C=O) groups is 1. The van der Waals surface area contributed by atoms with Crippen LogP contribution in [0.2, 0.25) is 10.0 Å². The number of anilines is 1. The second-order valence-corrected chi connectivity index (χ2v) is 5.67. The van der Waals surface area contributed by atoms with Crippen LogP contribution < -0.4 is 5.73 Å². The fraction of sp³-hybridized carbons (Fsp3) is 0.500. The first kappa shape index (κ1) is 14.5. The van der Waals surface area contributed by atoms with Gasteiger partial charge in [0.15, 0.2) is 0 Å². The molecule has 0 heterocycles. The van der Waals surface area contributed by atoms with Crippen LogP contribution in [0, 0.1) is 0 Å². The fourth-order valence-corrected chi connectivity index (χ4v) is 2.64. The van der Waals surface area contributed by atoms with Crippen LogP contribution in [0.3, 0.4) is 0 Å². The van der Waals surface area contributed by atoms with Crippen LogP contribution in [0.1, 0.15) is 48.9 Å². The van der Waals surface area contributed by atoms with Gasteiger partial charge in [-0.2, -0.15) is 0 Å². The summed E-state index contributed by atoms with van der Waals surface area (Å²) in [7, 11) is 0. The molecule has 1 aliphatic carbocycles. The second-order valence-electron chi connectivity index (χ2n) is 4.88. The van der Waals surface area contributed by atoms with Crippen LogP contribution in [-0.2, 0) is 4.74 Å². The molecule has 1 fully saturated rings. The number of carbonyl (C=O) groups excluding carboxylic acids is 1. The van der Waals surface area contributed by atoms with Gasteiger partial charge in [0.2, 0.25) is 0 Å². The van der Waals surface area contributed by atoms with E-state index in [9.17, 15) is 4.79 Å². The molecule has 0 radical (unpaired) electrons. The van der Waals surface area contributed by atoms with E-state index in [2.05, 4.69) is 0 Å². The molecule has 104 valence electrons. The Morgan fingerprint density at radius 1 is 1.16 bits per heavy atom. The van der Waals surface area contributed by atoms with Gasteiger partial charge < -0.3 is 10.5 Å². The minimum absolute atomic E-state index is 0.00526. The van der Waals surface area contributed by atoms with Crippen molar-refractivity contribution in [2.24, 2.45) is 0 Å². The number of esters is 1.